The van der Waals surface area contributed by atoms with Crippen LogP contribution in [0.15, 0.2) is 33.4 Å². The van der Waals surface area contributed by atoms with Crippen LogP contribution in [-0.4, -0.2) is 53.6 Å². The molecule has 0 radical (unpaired) electrons. The monoisotopic (exact) mass is 408 g/mol. The maximum Gasteiger partial charge on any atom is 0.410 e. The van der Waals surface area contributed by atoms with Gasteiger partial charge in [0.1, 0.15) is 17.4 Å². The van der Waals surface area contributed by atoms with Gasteiger partial charge in [0.05, 0.1) is 5.56 Å². The second kappa shape index (κ2) is 6.71. The third-order valence-corrected chi connectivity index (χ3v) is 4.48. The number of amides is 2. The highest BCUT2D eigenvalue weighted by Crippen LogP contribution is 2.26. The van der Waals surface area contributed by atoms with E-state index in [-0.39, 0.29) is 12.0 Å². The largest absolute Gasteiger partial charge is 0.463 e. The van der Waals surface area contributed by atoms with E-state index >= 15 is 0 Å². The van der Waals surface area contributed by atoms with E-state index < -0.39 is 5.60 Å². The molecule has 1 aliphatic rings. The molecule has 1 fully saturated rings. The van der Waals surface area contributed by atoms with E-state index in [1.54, 1.807) is 9.80 Å². The molecule has 1 aliphatic heterocycles. The number of hydrogen-bond donors (Lipinski definition) is 0. The second-order valence-corrected chi connectivity index (χ2v) is 7.97. The topological polar surface area (TPSA) is 63.0 Å². The van der Waals surface area contributed by atoms with Crippen LogP contribution in [0.5, 0.6) is 0 Å². The lowest BCUT2D eigenvalue weighted by Crippen LogP contribution is -2.51. The Balaban J connectivity index is 1.66. The SMILES string of the molecule is CC(C)(C)OC(=O)N1CCN(C(=O)c2coc3cc(Br)ccc23)CC1. The molecule has 6 nitrogen and oxygen atoms in total. The Morgan fingerprint density at radius 2 is 1.76 bits per heavy atom. The number of ether oxygens (including phenoxy) is 1. The molecule has 2 heterocycles. The van der Waals surface area contributed by atoms with Crippen LogP contribution in [0.3, 0.4) is 0 Å². The molecule has 25 heavy (non-hydrogen) atoms. The molecule has 0 aliphatic carbocycles. The molecule has 0 saturated carbocycles. The predicted octanol–water partition coefficient (Wildman–Crippen LogP) is 3.89. The van der Waals surface area contributed by atoms with Gasteiger partial charge in [-0.1, -0.05) is 15.9 Å². The number of halogens is 1. The maximum absolute atomic E-state index is 12.8. The molecular formula is C18H21BrN2O4. The first-order chi connectivity index (χ1) is 11.7. The van der Waals surface area contributed by atoms with Crippen molar-refractivity contribution < 1.29 is 18.7 Å². The van der Waals surface area contributed by atoms with Crippen molar-refractivity contribution in [1.29, 1.82) is 0 Å². The Hall–Kier alpha value is -2.02. The quantitative estimate of drug-likeness (QED) is 0.717. The fraction of sp³-hybridized carbons (Fsp3) is 0.444. The highest BCUT2D eigenvalue weighted by atomic mass is 79.9. The summed E-state index contributed by atoms with van der Waals surface area (Å²) in [5, 5.41) is 0.794. The second-order valence-electron chi connectivity index (χ2n) is 7.05. The molecule has 134 valence electrons. The van der Waals surface area contributed by atoms with Crippen LogP contribution in [0, 0.1) is 0 Å². The summed E-state index contributed by atoms with van der Waals surface area (Å²) in [6, 6.07) is 5.59. The summed E-state index contributed by atoms with van der Waals surface area (Å²) in [6.45, 7) is 7.39. The third-order valence-electron chi connectivity index (χ3n) is 3.99. The van der Waals surface area contributed by atoms with E-state index in [1.807, 2.05) is 39.0 Å². The molecule has 0 atom stereocenters. The third kappa shape index (κ3) is 3.98. The minimum absolute atomic E-state index is 0.0788. The average Bonchev–Trinajstić information content (AvgIpc) is 2.95. The summed E-state index contributed by atoms with van der Waals surface area (Å²) >= 11 is 3.39. The van der Waals surface area contributed by atoms with E-state index in [0.29, 0.717) is 37.3 Å². The van der Waals surface area contributed by atoms with Gasteiger partial charge in [-0.05, 0) is 39.0 Å². The highest BCUT2D eigenvalue weighted by Gasteiger charge is 2.29. The van der Waals surface area contributed by atoms with Gasteiger partial charge in [0.15, 0.2) is 0 Å². The van der Waals surface area contributed by atoms with Gasteiger partial charge < -0.3 is 19.0 Å². The minimum atomic E-state index is -0.520. The normalized spacial score (nSPS) is 15.5. The number of nitrogens with zero attached hydrogens (tertiary/aromatic N) is 2. The van der Waals surface area contributed by atoms with Gasteiger partial charge in [0.25, 0.3) is 5.91 Å². The summed E-state index contributed by atoms with van der Waals surface area (Å²) in [5.74, 6) is -0.0788. The van der Waals surface area contributed by atoms with Crippen LogP contribution in [0.25, 0.3) is 11.0 Å². The Kier molecular flexibility index (Phi) is 4.77. The highest BCUT2D eigenvalue weighted by molar-refractivity contribution is 9.10. The predicted molar refractivity (Wildman–Crippen MR) is 97.6 cm³/mol. The van der Waals surface area contributed by atoms with Crippen LogP contribution in [0.1, 0.15) is 31.1 Å². The zero-order chi connectivity index (χ0) is 18.2. The molecular weight excluding hydrogens is 388 g/mol. The average molecular weight is 409 g/mol. The molecule has 1 aromatic heterocycles. The van der Waals surface area contributed by atoms with Crippen molar-refractivity contribution in [2.75, 3.05) is 26.2 Å². The van der Waals surface area contributed by atoms with Crippen LogP contribution in [-0.2, 0) is 4.74 Å². The molecule has 0 unspecified atom stereocenters. The molecule has 0 N–H and O–H groups in total. The Bertz CT molecular complexity index is 801. The number of piperazine rings is 1. The van der Waals surface area contributed by atoms with Crippen LogP contribution in [0.2, 0.25) is 0 Å². The van der Waals surface area contributed by atoms with Gasteiger partial charge in [-0.15, -0.1) is 0 Å². The number of furan rings is 1. The molecule has 3 rings (SSSR count). The lowest BCUT2D eigenvalue weighted by Gasteiger charge is -2.35. The summed E-state index contributed by atoms with van der Waals surface area (Å²) < 4.78 is 11.8. The van der Waals surface area contributed by atoms with Gasteiger partial charge in [0, 0.05) is 36.0 Å². The lowest BCUT2D eigenvalue weighted by molar-refractivity contribution is 0.0141. The lowest BCUT2D eigenvalue weighted by atomic mass is 10.1. The number of carbonyl (C=O) groups excluding carboxylic acids is 2. The van der Waals surface area contributed by atoms with Gasteiger partial charge in [-0.25, -0.2) is 4.79 Å². The molecule has 7 heteroatoms. The molecule has 2 amide bonds. The molecule has 1 aromatic carbocycles. The van der Waals surface area contributed by atoms with E-state index in [4.69, 9.17) is 9.15 Å². The Morgan fingerprint density at radius 1 is 1.12 bits per heavy atom. The van der Waals surface area contributed by atoms with E-state index in [2.05, 4.69) is 15.9 Å². The first kappa shape index (κ1) is 17.8. The fourth-order valence-electron chi connectivity index (χ4n) is 2.76. The number of benzene rings is 1. The number of fused-ring (bicyclic) bond motifs is 1. The Morgan fingerprint density at radius 3 is 2.40 bits per heavy atom. The van der Waals surface area contributed by atoms with Gasteiger partial charge in [-0.3, -0.25) is 4.79 Å². The smallest absolute Gasteiger partial charge is 0.410 e. The van der Waals surface area contributed by atoms with Crippen molar-refractivity contribution >= 4 is 38.9 Å². The number of hydrogen-bond acceptors (Lipinski definition) is 4. The fourth-order valence-corrected chi connectivity index (χ4v) is 3.10. The first-order valence-corrected chi connectivity index (χ1v) is 8.98. The minimum Gasteiger partial charge on any atom is -0.463 e. The zero-order valence-corrected chi connectivity index (χ0v) is 16.1. The first-order valence-electron chi connectivity index (χ1n) is 8.18. The van der Waals surface area contributed by atoms with E-state index in [1.165, 1.54) is 6.26 Å². The maximum atomic E-state index is 12.8. The van der Waals surface area contributed by atoms with Crippen molar-refractivity contribution in [2.45, 2.75) is 26.4 Å². The van der Waals surface area contributed by atoms with Crippen molar-refractivity contribution in [3.63, 3.8) is 0 Å². The summed E-state index contributed by atoms with van der Waals surface area (Å²) in [5.41, 5.74) is 0.701. The van der Waals surface area contributed by atoms with Crippen LogP contribution in [0.4, 0.5) is 4.79 Å². The number of carbonyl (C=O) groups is 2. The molecule has 1 saturated heterocycles. The summed E-state index contributed by atoms with van der Waals surface area (Å²) in [7, 11) is 0. The van der Waals surface area contributed by atoms with Crippen molar-refractivity contribution in [1.82, 2.24) is 9.80 Å². The summed E-state index contributed by atoms with van der Waals surface area (Å²) in [4.78, 5) is 28.3. The standard InChI is InChI=1S/C18H21BrN2O4/c1-18(2,3)25-17(23)21-8-6-20(7-9-21)16(22)14-11-24-15-10-12(19)4-5-13(14)15/h4-5,10-11H,6-9H2,1-3H3. The van der Waals surface area contributed by atoms with Crippen LogP contribution >= 0.6 is 15.9 Å². The summed E-state index contributed by atoms with van der Waals surface area (Å²) in [6.07, 6.45) is 1.16. The van der Waals surface area contributed by atoms with Crippen LogP contribution < -0.4 is 0 Å². The van der Waals surface area contributed by atoms with Crippen molar-refractivity contribution in [3.05, 3.63) is 34.5 Å². The van der Waals surface area contributed by atoms with Gasteiger partial charge in [-0.2, -0.15) is 0 Å². The van der Waals surface area contributed by atoms with Crippen molar-refractivity contribution in [2.24, 2.45) is 0 Å². The molecule has 0 spiro atoms. The number of rotatable bonds is 1. The van der Waals surface area contributed by atoms with Gasteiger partial charge in [0.2, 0.25) is 0 Å². The molecule has 0 bridgehead atoms. The van der Waals surface area contributed by atoms with E-state index in [0.717, 1.165) is 9.86 Å². The zero-order valence-electron chi connectivity index (χ0n) is 14.5. The van der Waals surface area contributed by atoms with E-state index in [9.17, 15) is 9.59 Å². The Labute approximate surface area is 154 Å². The van der Waals surface area contributed by atoms with Gasteiger partial charge >= 0.3 is 6.09 Å². The van der Waals surface area contributed by atoms with Crippen molar-refractivity contribution in [3.8, 4) is 0 Å². The molecule has 2 aromatic rings.